The number of phosphoric acid groups is 1. The number of aliphatic hydroxyl groups is 1. The van der Waals surface area contributed by atoms with Gasteiger partial charge in [-0.05, 0) is 6.92 Å². The van der Waals surface area contributed by atoms with Crippen LogP contribution >= 0.6 is 7.82 Å². The molecule has 0 radical (unpaired) electrons. The predicted octanol–water partition coefficient (Wildman–Crippen LogP) is -2.46. The molecule has 1 aliphatic rings. The number of ether oxygens (including phenoxy) is 1. The van der Waals surface area contributed by atoms with Crippen LogP contribution < -0.4 is 17.0 Å². The first-order chi connectivity index (χ1) is 10.1. The van der Waals surface area contributed by atoms with Crippen molar-refractivity contribution in [3.63, 3.8) is 0 Å². The van der Waals surface area contributed by atoms with Gasteiger partial charge >= 0.3 is 13.5 Å². The first-order valence-corrected chi connectivity index (χ1v) is 7.74. The molecule has 0 bridgehead atoms. The Morgan fingerprint density at radius 1 is 1.50 bits per heavy atom. The molecule has 0 amide bonds. The molecular weight excluding hydrogens is 321 g/mol. The number of nitrogens with two attached hydrogens (primary N) is 1. The fourth-order valence-electron chi connectivity index (χ4n) is 2.09. The van der Waals surface area contributed by atoms with E-state index in [4.69, 9.17) is 20.3 Å². The quantitative estimate of drug-likeness (QED) is 0.373. The largest absolute Gasteiger partial charge is 0.469 e. The maximum atomic E-state index is 11.8. The van der Waals surface area contributed by atoms with Crippen LogP contribution in [0.15, 0.2) is 15.8 Å². The summed E-state index contributed by atoms with van der Waals surface area (Å²) in [5.74, 6) is 0. The van der Waals surface area contributed by atoms with Gasteiger partial charge in [-0.3, -0.25) is 18.9 Å². The number of aliphatic hydroxyl groups excluding tert-OH is 1. The van der Waals surface area contributed by atoms with E-state index in [1.54, 1.807) is 0 Å². The zero-order valence-corrected chi connectivity index (χ0v) is 12.3. The molecule has 1 fully saturated rings. The number of hydrogen-bond donors (Lipinski definition) is 5. The molecule has 1 aliphatic heterocycles. The van der Waals surface area contributed by atoms with Gasteiger partial charge in [0.1, 0.15) is 12.2 Å². The van der Waals surface area contributed by atoms with Crippen LogP contribution in [0.5, 0.6) is 0 Å². The van der Waals surface area contributed by atoms with Gasteiger partial charge in [-0.1, -0.05) is 0 Å². The van der Waals surface area contributed by atoms with Gasteiger partial charge < -0.3 is 25.4 Å². The van der Waals surface area contributed by atoms with Crippen LogP contribution in [0.25, 0.3) is 0 Å². The third-order valence-electron chi connectivity index (χ3n) is 3.26. The minimum atomic E-state index is -4.71. The molecule has 124 valence electrons. The van der Waals surface area contributed by atoms with Crippen LogP contribution in [0, 0.1) is 6.92 Å². The molecule has 1 aromatic heterocycles. The fraction of sp³-hybridized carbons (Fsp3) is 0.600. The van der Waals surface area contributed by atoms with Crippen molar-refractivity contribution in [2.45, 2.75) is 31.4 Å². The molecule has 0 spiro atoms. The van der Waals surface area contributed by atoms with E-state index in [-0.39, 0.29) is 5.56 Å². The molecule has 12 heteroatoms. The summed E-state index contributed by atoms with van der Waals surface area (Å²) in [5, 5.41) is 10.0. The molecule has 0 aliphatic carbocycles. The molecule has 4 atom stereocenters. The molecule has 1 saturated heterocycles. The Kier molecular flexibility index (Phi) is 4.68. The lowest BCUT2D eigenvalue weighted by Crippen LogP contribution is -2.43. The summed E-state index contributed by atoms with van der Waals surface area (Å²) in [7, 11) is -4.71. The lowest BCUT2D eigenvalue weighted by molar-refractivity contribution is -0.0527. The smallest absolute Gasteiger partial charge is 0.387 e. The molecule has 11 nitrogen and oxygen atoms in total. The van der Waals surface area contributed by atoms with E-state index in [0.717, 1.165) is 4.57 Å². The Morgan fingerprint density at radius 3 is 2.73 bits per heavy atom. The standard InChI is InChI=1S/C10H16N3O8P/c1-4-2-13(10(16)12-8(4)15)9-7(14)6(11)5(21-9)3-20-22(17,18)19/h2,5-7,9,14H,3,11H2,1H3,(H,12,15,16)(H2,17,18,19)/t5-,6-,7-,9-/m1/s1. The molecule has 2 rings (SSSR count). The number of aromatic amines is 1. The second kappa shape index (κ2) is 6.05. The maximum Gasteiger partial charge on any atom is 0.469 e. The summed E-state index contributed by atoms with van der Waals surface area (Å²) < 4.78 is 21.3. The first kappa shape index (κ1) is 17.0. The van der Waals surface area contributed by atoms with Gasteiger partial charge in [-0.2, -0.15) is 0 Å². The van der Waals surface area contributed by atoms with Gasteiger partial charge in [0.2, 0.25) is 0 Å². The second-order valence-electron chi connectivity index (χ2n) is 4.90. The van der Waals surface area contributed by atoms with Crippen LogP contribution in [0.3, 0.4) is 0 Å². The number of hydrogen-bond acceptors (Lipinski definition) is 7. The van der Waals surface area contributed by atoms with Crippen LogP contribution in [0.2, 0.25) is 0 Å². The third kappa shape index (κ3) is 3.52. The van der Waals surface area contributed by atoms with E-state index in [0.29, 0.717) is 0 Å². The summed E-state index contributed by atoms with van der Waals surface area (Å²) in [5.41, 5.74) is 4.55. The summed E-state index contributed by atoms with van der Waals surface area (Å²) in [6.07, 6.45) is -2.36. The number of rotatable bonds is 4. The molecule has 0 unspecified atom stereocenters. The van der Waals surface area contributed by atoms with Crippen molar-refractivity contribution in [2.24, 2.45) is 5.73 Å². The lowest BCUT2D eigenvalue weighted by Gasteiger charge is -2.17. The van der Waals surface area contributed by atoms with E-state index >= 15 is 0 Å². The number of H-pyrrole nitrogens is 1. The maximum absolute atomic E-state index is 11.8. The van der Waals surface area contributed by atoms with Gasteiger partial charge in [0, 0.05) is 11.8 Å². The average Bonchev–Trinajstić information content (AvgIpc) is 2.68. The molecule has 6 N–H and O–H groups in total. The minimum absolute atomic E-state index is 0.221. The van der Waals surface area contributed by atoms with E-state index in [9.17, 15) is 19.3 Å². The van der Waals surface area contributed by atoms with Gasteiger partial charge in [-0.25, -0.2) is 9.36 Å². The first-order valence-electron chi connectivity index (χ1n) is 6.21. The van der Waals surface area contributed by atoms with Crippen molar-refractivity contribution in [3.05, 3.63) is 32.6 Å². The van der Waals surface area contributed by atoms with Crippen molar-refractivity contribution in [1.29, 1.82) is 0 Å². The zero-order valence-electron chi connectivity index (χ0n) is 11.4. The average molecular weight is 337 g/mol. The Bertz CT molecular complexity index is 709. The van der Waals surface area contributed by atoms with Gasteiger partial charge in [-0.15, -0.1) is 0 Å². The van der Waals surface area contributed by atoms with Crippen molar-refractivity contribution in [2.75, 3.05) is 6.61 Å². The minimum Gasteiger partial charge on any atom is -0.387 e. The van der Waals surface area contributed by atoms with Crippen LogP contribution in [0.1, 0.15) is 11.8 Å². The monoisotopic (exact) mass is 337 g/mol. The van der Waals surface area contributed by atoms with Gasteiger partial charge in [0.05, 0.1) is 12.6 Å². The van der Waals surface area contributed by atoms with Crippen molar-refractivity contribution < 1.29 is 28.7 Å². The molecule has 1 aromatic rings. The molecular formula is C10H16N3O8P. The normalized spacial score (nSPS) is 29.0. The van der Waals surface area contributed by atoms with E-state index in [2.05, 4.69) is 9.51 Å². The highest BCUT2D eigenvalue weighted by atomic mass is 31.2. The third-order valence-corrected chi connectivity index (χ3v) is 3.74. The predicted molar refractivity (Wildman–Crippen MR) is 71.9 cm³/mol. The Balaban J connectivity index is 2.23. The lowest BCUT2D eigenvalue weighted by atomic mass is 10.1. The summed E-state index contributed by atoms with van der Waals surface area (Å²) in [4.78, 5) is 42.5. The van der Waals surface area contributed by atoms with Crippen molar-refractivity contribution in [3.8, 4) is 0 Å². The Hall–Kier alpha value is -1.33. The van der Waals surface area contributed by atoms with Gasteiger partial charge in [0.25, 0.3) is 5.56 Å². The number of nitrogens with zero attached hydrogens (tertiary/aromatic N) is 1. The molecule has 0 aromatic carbocycles. The Labute approximate surface area is 123 Å². The fourth-order valence-corrected chi connectivity index (χ4v) is 2.43. The van der Waals surface area contributed by atoms with Gasteiger partial charge in [0.15, 0.2) is 6.23 Å². The van der Waals surface area contributed by atoms with Crippen LogP contribution in [-0.2, 0) is 13.8 Å². The topological polar surface area (TPSA) is 177 Å². The molecule has 0 saturated carbocycles. The molecule has 2 heterocycles. The van der Waals surface area contributed by atoms with Crippen LogP contribution in [-0.4, -0.2) is 49.3 Å². The highest BCUT2D eigenvalue weighted by Gasteiger charge is 2.43. The molecule has 22 heavy (non-hydrogen) atoms. The van der Waals surface area contributed by atoms with Crippen LogP contribution in [0.4, 0.5) is 0 Å². The Morgan fingerprint density at radius 2 is 2.14 bits per heavy atom. The van der Waals surface area contributed by atoms with Crippen molar-refractivity contribution in [1.82, 2.24) is 9.55 Å². The number of phosphoric ester groups is 1. The van der Waals surface area contributed by atoms with E-state index in [1.807, 2.05) is 0 Å². The zero-order chi connectivity index (χ0) is 16.7. The summed E-state index contributed by atoms with van der Waals surface area (Å²) >= 11 is 0. The number of aromatic nitrogens is 2. The van der Waals surface area contributed by atoms with E-state index < -0.39 is 50.2 Å². The SMILES string of the molecule is Cc1cn([C@@H]2O[C@H](COP(=O)(O)O)[C@@H](N)[C@H]2O)c(=O)[nH]c1=O. The number of aryl methyl sites for hydroxylation is 1. The summed E-state index contributed by atoms with van der Waals surface area (Å²) in [6, 6.07) is -1.03. The van der Waals surface area contributed by atoms with Crippen molar-refractivity contribution >= 4 is 7.82 Å². The summed E-state index contributed by atoms with van der Waals surface area (Å²) in [6.45, 7) is 0.903. The highest BCUT2D eigenvalue weighted by molar-refractivity contribution is 7.46. The van der Waals surface area contributed by atoms with E-state index in [1.165, 1.54) is 13.1 Å². The highest BCUT2D eigenvalue weighted by Crippen LogP contribution is 2.37. The second-order valence-corrected chi connectivity index (χ2v) is 6.14. The number of nitrogens with one attached hydrogen (secondary N) is 1.